The number of benzene rings is 1. The first-order valence-electron chi connectivity index (χ1n) is 11.3. The van der Waals surface area contributed by atoms with Crippen molar-refractivity contribution in [2.45, 2.75) is 25.2 Å². The van der Waals surface area contributed by atoms with Crippen LogP contribution in [0.5, 0.6) is 0 Å². The minimum atomic E-state index is -1.18. The maximum Gasteiger partial charge on any atom is 0.240 e. The predicted molar refractivity (Wildman–Crippen MR) is 124 cm³/mol. The number of imide groups is 1. The lowest BCUT2D eigenvalue weighted by molar-refractivity contribution is -0.143. The zero-order valence-electron chi connectivity index (χ0n) is 19.2. The molecule has 3 heterocycles. The highest BCUT2D eigenvalue weighted by Crippen LogP contribution is 2.41. The Balaban J connectivity index is 1.54. The van der Waals surface area contributed by atoms with Gasteiger partial charge in [0.15, 0.2) is 0 Å². The third-order valence-corrected chi connectivity index (χ3v) is 6.65. The average molecular weight is 451 g/mol. The highest BCUT2D eigenvalue weighted by Gasteiger charge is 2.54. The summed E-state index contributed by atoms with van der Waals surface area (Å²) in [6.45, 7) is 4.83. The molecule has 0 aliphatic carbocycles. The molecule has 8 nitrogen and oxygen atoms in total. The summed E-state index contributed by atoms with van der Waals surface area (Å²) in [6.07, 6.45) is 1.74. The van der Waals surface area contributed by atoms with Crippen LogP contribution in [-0.2, 0) is 24.5 Å². The summed E-state index contributed by atoms with van der Waals surface area (Å²) in [5.74, 6) is 0.229. The summed E-state index contributed by atoms with van der Waals surface area (Å²) in [4.78, 5) is 49.5. The molecule has 174 valence electrons. The molecular formula is C25H30N4O4. The molecule has 0 N–H and O–H groups in total. The molecule has 2 fully saturated rings. The molecule has 0 saturated carbocycles. The second kappa shape index (κ2) is 9.70. The smallest absolute Gasteiger partial charge is 0.240 e. The van der Waals surface area contributed by atoms with Crippen LogP contribution in [-0.4, -0.2) is 78.9 Å². The van der Waals surface area contributed by atoms with Crippen molar-refractivity contribution in [1.82, 2.24) is 14.8 Å². The first-order chi connectivity index (χ1) is 16.0. The van der Waals surface area contributed by atoms with E-state index >= 15 is 0 Å². The number of piperazine rings is 1. The van der Waals surface area contributed by atoms with Crippen molar-refractivity contribution in [2.75, 3.05) is 51.3 Å². The molecule has 2 aliphatic heterocycles. The van der Waals surface area contributed by atoms with E-state index in [1.807, 2.05) is 49.4 Å². The van der Waals surface area contributed by atoms with Gasteiger partial charge in [-0.05, 0) is 30.2 Å². The Morgan fingerprint density at radius 3 is 2.45 bits per heavy atom. The Morgan fingerprint density at radius 1 is 1.06 bits per heavy atom. The molecule has 2 saturated heterocycles. The molecule has 0 bridgehead atoms. The van der Waals surface area contributed by atoms with E-state index in [4.69, 9.17) is 4.74 Å². The molecule has 0 spiro atoms. The SMILES string of the molecule is COCCN1C(=O)CC(CC(=O)N2CCN(c3ccccn3)CC2)(c2ccccc2C)C1=O. The van der Waals surface area contributed by atoms with Gasteiger partial charge in [-0.3, -0.25) is 19.3 Å². The number of pyridine rings is 1. The second-order valence-electron chi connectivity index (χ2n) is 8.65. The van der Waals surface area contributed by atoms with Crippen LogP contribution < -0.4 is 4.90 Å². The first-order valence-corrected chi connectivity index (χ1v) is 11.3. The standard InChI is InChI=1S/C25H30N4O4/c1-19-7-3-4-8-20(19)25(18-23(31)29(24(25)32)15-16-33-2)17-22(30)28-13-11-27(12-14-28)21-9-5-6-10-26-21/h3-10H,11-18H2,1-2H3. The van der Waals surface area contributed by atoms with Gasteiger partial charge in [0.25, 0.3) is 0 Å². The van der Waals surface area contributed by atoms with E-state index in [1.54, 1.807) is 11.1 Å². The van der Waals surface area contributed by atoms with E-state index in [2.05, 4.69) is 9.88 Å². The summed E-state index contributed by atoms with van der Waals surface area (Å²) in [7, 11) is 1.54. The number of hydrogen-bond donors (Lipinski definition) is 0. The molecule has 1 unspecified atom stereocenters. The topological polar surface area (TPSA) is 83.1 Å². The van der Waals surface area contributed by atoms with Gasteiger partial charge in [-0.15, -0.1) is 0 Å². The van der Waals surface area contributed by atoms with E-state index in [0.717, 1.165) is 16.9 Å². The van der Waals surface area contributed by atoms with Crippen molar-refractivity contribution in [1.29, 1.82) is 0 Å². The van der Waals surface area contributed by atoms with Gasteiger partial charge in [-0.1, -0.05) is 30.3 Å². The quantitative estimate of drug-likeness (QED) is 0.598. The van der Waals surface area contributed by atoms with Gasteiger partial charge in [0.05, 0.1) is 18.6 Å². The van der Waals surface area contributed by atoms with Gasteiger partial charge in [-0.2, -0.15) is 0 Å². The van der Waals surface area contributed by atoms with Crippen LogP contribution in [0.25, 0.3) is 0 Å². The predicted octanol–water partition coefficient (Wildman–Crippen LogP) is 1.77. The Labute approximate surface area is 194 Å². The van der Waals surface area contributed by atoms with Gasteiger partial charge in [0, 0.05) is 52.3 Å². The lowest BCUT2D eigenvalue weighted by Crippen LogP contribution is -2.51. The number of amides is 3. The number of aryl methyl sites for hydroxylation is 1. The van der Waals surface area contributed by atoms with E-state index in [9.17, 15) is 14.4 Å². The molecule has 1 atom stereocenters. The van der Waals surface area contributed by atoms with Crippen LogP contribution in [0.15, 0.2) is 48.7 Å². The number of carbonyl (C=O) groups is 3. The van der Waals surface area contributed by atoms with Crippen LogP contribution in [0.2, 0.25) is 0 Å². The maximum absolute atomic E-state index is 13.6. The van der Waals surface area contributed by atoms with Crippen molar-refractivity contribution in [2.24, 2.45) is 0 Å². The molecule has 1 aromatic carbocycles. The highest BCUT2D eigenvalue weighted by atomic mass is 16.5. The molecule has 3 amide bonds. The number of ether oxygens (including phenoxy) is 1. The second-order valence-corrected chi connectivity index (χ2v) is 8.65. The monoisotopic (exact) mass is 450 g/mol. The molecule has 2 aromatic rings. The van der Waals surface area contributed by atoms with Gasteiger partial charge in [-0.25, -0.2) is 4.98 Å². The van der Waals surface area contributed by atoms with Crippen LogP contribution in [0.4, 0.5) is 5.82 Å². The number of nitrogens with zero attached hydrogens (tertiary/aromatic N) is 4. The van der Waals surface area contributed by atoms with E-state index in [0.29, 0.717) is 26.2 Å². The molecule has 8 heteroatoms. The summed E-state index contributed by atoms with van der Waals surface area (Å²) in [5, 5.41) is 0. The lowest BCUT2D eigenvalue weighted by Gasteiger charge is -2.37. The summed E-state index contributed by atoms with van der Waals surface area (Å²) in [5.41, 5.74) is 0.481. The number of hydrogen-bond acceptors (Lipinski definition) is 6. The van der Waals surface area contributed by atoms with Crippen molar-refractivity contribution >= 4 is 23.5 Å². The van der Waals surface area contributed by atoms with Crippen molar-refractivity contribution in [3.63, 3.8) is 0 Å². The van der Waals surface area contributed by atoms with Gasteiger partial charge in [0.2, 0.25) is 17.7 Å². The lowest BCUT2D eigenvalue weighted by atomic mass is 9.74. The van der Waals surface area contributed by atoms with Crippen LogP contribution in [0.3, 0.4) is 0 Å². The van der Waals surface area contributed by atoms with Gasteiger partial charge in [0.1, 0.15) is 5.82 Å². The normalized spacial score (nSPS) is 21.1. The maximum atomic E-state index is 13.6. The zero-order chi connectivity index (χ0) is 23.4. The first kappa shape index (κ1) is 22.9. The van der Waals surface area contributed by atoms with Gasteiger partial charge >= 0.3 is 0 Å². The average Bonchev–Trinajstić information content (AvgIpc) is 3.07. The van der Waals surface area contributed by atoms with Crippen molar-refractivity contribution in [3.05, 3.63) is 59.8 Å². The third-order valence-electron chi connectivity index (χ3n) is 6.65. The molecule has 1 aromatic heterocycles. The fourth-order valence-electron chi connectivity index (χ4n) is 4.86. The van der Waals surface area contributed by atoms with Crippen LogP contribution in [0, 0.1) is 6.92 Å². The van der Waals surface area contributed by atoms with E-state index < -0.39 is 5.41 Å². The van der Waals surface area contributed by atoms with Crippen molar-refractivity contribution < 1.29 is 19.1 Å². The Morgan fingerprint density at radius 2 is 1.79 bits per heavy atom. The Kier molecular flexibility index (Phi) is 6.74. The van der Waals surface area contributed by atoms with Crippen molar-refractivity contribution in [3.8, 4) is 0 Å². The number of likely N-dealkylation sites (tertiary alicyclic amines) is 1. The Bertz CT molecular complexity index is 1020. The van der Waals surface area contributed by atoms with Gasteiger partial charge < -0.3 is 14.5 Å². The number of carbonyl (C=O) groups excluding carboxylic acids is 3. The fraction of sp³-hybridized carbons (Fsp3) is 0.440. The molecule has 33 heavy (non-hydrogen) atoms. The molecular weight excluding hydrogens is 420 g/mol. The molecule has 4 rings (SSSR count). The number of rotatable bonds is 7. The number of methoxy groups -OCH3 is 1. The largest absolute Gasteiger partial charge is 0.383 e. The summed E-state index contributed by atoms with van der Waals surface area (Å²) < 4.78 is 5.09. The summed E-state index contributed by atoms with van der Waals surface area (Å²) in [6, 6.07) is 13.3. The Hall–Kier alpha value is -3.26. The third kappa shape index (κ3) is 4.48. The zero-order valence-corrected chi connectivity index (χ0v) is 19.2. The highest BCUT2D eigenvalue weighted by molar-refractivity contribution is 6.11. The minimum absolute atomic E-state index is 0.0000410. The molecule has 2 aliphatic rings. The van der Waals surface area contributed by atoms with E-state index in [1.165, 1.54) is 12.0 Å². The van der Waals surface area contributed by atoms with Crippen LogP contribution >= 0.6 is 0 Å². The number of anilines is 1. The minimum Gasteiger partial charge on any atom is -0.383 e. The van der Waals surface area contributed by atoms with E-state index in [-0.39, 0.29) is 43.7 Å². The summed E-state index contributed by atoms with van der Waals surface area (Å²) >= 11 is 0. The molecule has 0 radical (unpaired) electrons. The number of aromatic nitrogens is 1. The van der Waals surface area contributed by atoms with Crippen LogP contribution in [0.1, 0.15) is 24.0 Å². The fourth-order valence-corrected chi connectivity index (χ4v) is 4.86.